The molecule has 0 atom stereocenters. The molecule has 1 aliphatic heterocycles. The smallest absolute Gasteiger partial charge is 0.234 e. The number of anilines is 1. The third-order valence-electron chi connectivity index (χ3n) is 6.17. The van der Waals surface area contributed by atoms with Crippen molar-refractivity contribution in [3.8, 4) is 0 Å². The zero-order chi connectivity index (χ0) is 23.5. The van der Waals surface area contributed by atoms with E-state index in [0.29, 0.717) is 26.2 Å². The van der Waals surface area contributed by atoms with Gasteiger partial charge in [0.2, 0.25) is 11.8 Å². The molecule has 33 heavy (non-hydrogen) atoms. The Balaban J connectivity index is 1.70. The van der Waals surface area contributed by atoms with Crippen LogP contribution in [0.4, 0.5) is 5.69 Å². The minimum absolute atomic E-state index is 0.00946. The number of fused-ring (bicyclic) bond motifs is 1. The molecule has 2 aromatic rings. The van der Waals surface area contributed by atoms with Gasteiger partial charge in [-0.2, -0.15) is 0 Å². The number of amides is 2. The number of nitrogens with one attached hydrogen (secondary N) is 1. The van der Waals surface area contributed by atoms with Crippen LogP contribution in [-0.2, 0) is 34.0 Å². The van der Waals surface area contributed by atoms with E-state index < -0.39 is 0 Å². The van der Waals surface area contributed by atoms with Crippen LogP contribution in [0.1, 0.15) is 55.7 Å². The van der Waals surface area contributed by atoms with Gasteiger partial charge in [-0.1, -0.05) is 61.7 Å². The number of hydrogen-bond acceptors (Lipinski definition) is 4. The molecule has 0 saturated heterocycles. The number of methoxy groups -OCH3 is 1. The molecule has 0 aromatic heterocycles. The number of para-hydroxylation sites is 1. The quantitative estimate of drug-likeness (QED) is 0.713. The number of benzene rings is 2. The molecule has 2 amide bonds. The van der Waals surface area contributed by atoms with Gasteiger partial charge < -0.3 is 15.0 Å². The number of rotatable bonds is 6. The number of nitrogens with zero attached hydrogens (tertiary/aromatic N) is 2. The SMILES string of the molecule is COCc1ccccc1CNC(=O)CN1CCCCCCCN(C(C)=O)c2ccccc2C1. The second-order valence-corrected chi connectivity index (χ2v) is 8.76. The molecule has 0 unspecified atom stereocenters. The van der Waals surface area contributed by atoms with Crippen LogP contribution in [0.3, 0.4) is 0 Å². The van der Waals surface area contributed by atoms with Gasteiger partial charge in [0.25, 0.3) is 0 Å². The largest absolute Gasteiger partial charge is 0.380 e. The maximum Gasteiger partial charge on any atom is 0.234 e. The Kier molecular flexibility index (Phi) is 9.91. The molecular formula is C27H37N3O3. The summed E-state index contributed by atoms with van der Waals surface area (Å²) in [5.41, 5.74) is 4.21. The van der Waals surface area contributed by atoms with E-state index in [9.17, 15) is 9.59 Å². The van der Waals surface area contributed by atoms with Crippen LogP contribution in [0.15, 0.2) is 48.5 Å². The molecule has 0 spiro atoms. The zero-order valence-corrected chi connectivity index (χ0v) is 20.0. The summed E-state index contributed by atoms with van der Waals surface area (Å²) in [4.78, 5) is 29.3. The topological polar surface area (TPSA) is 61.9 Å². The molecule has 1 N–H and O–H groups in total. The van der Waals surface area contributed by atoms with Crippen molar-refractivity contribution in [2.45, 2.75) is 58.7 Å². The van der Waals surface area contributed by atoms with Crippen molar-refractivity contribution >= 4 is 17.5 Å². The summed E-state index contributed by atoms with van der Waals surface area (Å²) in [6, 6.07) is 16.1. The van der Waals surface area contributed by atoms with Crippen LogP contribution in [0.25, 0.3) is 0 Å². The van der Waals surface area contributed by atoms with Crippen molar-refractivity contribution < 1.29 is 14.3 Å². The minimum atomic E-state index is 0.00946. The highest BCUT2D eigenvalue weighted by Crippen LogP contribution is 2.24. The summed E-state index contributed by atoms with van der Waals surface area (Å²) in [5, 5.41) is 3.08. The Morgan fingerprint density at radius 3 is 2.33 bits per heavy atom. The van der Waals surface area contributed by atoms with E-state index in [1.54, 1.807) is 14.0 Å². The van der Waals surface area contributed by atoms with E-state index >= 15 is 0 Å². The summed E-state index contributed by atoms with van der Waals surface area (Å²) in [5.74, 6) is 0.0775. The molecule has 178 valence electrons. The van der Waals surface area contributed by atoms with Crippen molar-refractivity contribution in [3.63, 3.8) is 0 Å². The minimum Gasteiger partial charge on any atom is -0.380 e. The standard InChI is InChI=1S/C27H37N3O3/c1-22(31)30-17-11-5-3-4-10-16-29(19-24-13-8-9-15-26(24)30)20-27(32)28-18-23-12-6-7-14-25(23)21-33-2/h6-9,12-15H,3-5,10-11,16-21H2,1-2H3,(H,28,32). The predicted molar refractivity (Wildman–Crippen MR) is 132 cm³/mol. The van der Waals surface area contributed by atoms with Crippen LogP contribution in [0, 0.1) is 0 Å². The van der Waals surface area contributed by atoms with Gasteiger partial charge >= 0.3 is 0 Å². The third-order valence-corrected chi connectivity index (χ3v) is 6.17. The molecule has 2 aromatic carbocycles. The van der Waals surface area contributed by atoms with Gasteiger partial charge in [-0.05, 0) is 42.1 Å². The van der Waals surface area contributed by atoms with Gasteiger partial charge in [0.1, 0.15) is 0 Å². The van der Waals surface area contributed by atoms with Crippen molar-refractivity contribution in [2.75, 3.05) is 31.6 Å². The van der Waals surface area contributed by atoms with Crippen LogP contribution < -0.4 is 10.2 Å². The van der Waals surface area contributed by atoms with Gasteiger partial charge in [-0.15, -0.1) is 0 Å². The fourth-order valence-electron chi connectivity index (χ4n) is 4.43. The monoisotopic (exact) mass is 451 g/mol. The molecule has 6 heteroatoms. The van der Waals surface area contributed by atoms with E-state index in [1.165, 1.54) is 0 Å². The van der Waals surface area contributed by atoms with E-state index in [2.05, 4.69) is 16.3 Å². The predicted octanol–water partition coefficient (Wildman–Crippen LogP) is 4.27. The molecule has 0 radical (unpaired) electrons. The molecule has 0 saturated carbocycles. The van der Waals surface area contributed by atoms with Crippen LogP contribution in [0.2, 0.25) is 0 Å². The first kappa shape index (κ1) is 24.9. The summed E-state index contributed by atoms with van der Waals surface area (Å²) < 4.78 is 5.27. The first-order valence-electron chi connectivity index (χ1n) is 12.0. The van der Waals surface area contributed by atoms with Crippen LogP contribution in [-0.4, -0.2) is 43.5 Å². The lowest BCUT2D eigenvalue weighted by atomic mass is 10.1. The number of carbonyl (C=O) groups excluding carboxylic acids is 2. The molecule has 3 rings (SSSR count). The van der Waals surface area contributed by atoms with E-state index in [0.717, 1.165) is 67.6 Å². The van der Waals surface area contributed by atoms with Crippen molar-refractivity contribution in [1.82, 2.24) is 10.2 Å². The second-order valence-electron chi connectivity index (χ2n) is 8.76. The molecule has 0 bridgehead atoms. The lowest BCUT2D eigenvalue weighted by Crippen LogP contribution is -2.38. The number of ether oxygens (including phenoxy) is 1. The first-order chi connectivity index (χ1) is 16.1. The average molecular weight is 452 g/mol. The van der Waals surface area contributed by atoms with Gasteiger partial charge in [0, 0.05) is 39.4 Å². The van der Waals surface area contributed by atoms with Crippen molar-refractivity contribution in [3.05, 3.63) is 65.2 Å². The Morgan fingerprint density at radius 1 is 0.909 bits per heavy atom. The highest BCUT2D eigenvalue weighted by Gasteiger charge is 2.19. The molecular weight excluding hydrogens is 414 g/mol. The molecule has 1 heterocycles. The fraction of sp³-hybridized carbons (Fsp3) is 0.481. The van der Waals surface area contributed by atoms with Gasteiger partial charge in [-0.25, -0.2) is 0 Å². The number of carbonyl (C=O) groups is 2. The summed E-state index contributed by atoms with van der Waals surface area (Å²) in [7, 11) is 1.68. The first-order valence-corrected chi connectivity index (χ1v) is 12.0. The maximum absolute atomic E-state index is 12.9. The second kappa shape index (κ2) is 13.1. The van der Waals surface area contributed by atoms with E-state index in [-0.39, 0.29) is 11.8 Å². The molecule has 0 aliphatic carbocycles. The number of hydrogen-bond donors (Lipinski definition) is 1. The Morgan fingerprint density at radius 2 is 1.58 bits per heavy atom. The normalized spacial score (nSPS) is 15.8. The molecule has 1 aliphatic rings. The maximum atomic E-state index is 12.9. The third kappa shape index (κ3) is 7.69. The fourth-order valence-corrected chi connectivity index (χ4v) is 4.43. The van der Waals surface area contributed by atoms with Crippen LogP contribution in [0.5, 0.6) is 0 Å². The zero-order valence-electron chi connectivity index (χ0n) is 20.0. The Bertz CT molecular complexity index is 915. The summed E-state index contributed by atoms with van der Waals surface area (Å²) in [6.45, 7) is 5.24. The van der Waals surface area contributed by atoms with Gasteiger partial charge in [-0.3, -0.25) is 14.5 Å². The Labute approximate surface area is 197 Å². The van der Waals surface area contributed by atoms with Gasteiger partial charge in [0.05, 0.1) is 13.2 Å². The molecule has 0 fully saturated rings. The Hall–Kier alpha value is -2.70. The highest BCUT2D eigenvalue weighted by molar-refractivity contribution is 5.92. The van der Waals surface area contributed by atoms with E-state index in [4.69, 9.17) is 4.74 Å². The lowest BCUT2D eigenvalue weighted by molar-refractivity contribution is -0.122. The van der Waals surface area contributed by atoms with E-state index in [1.807, 2.05) is 47.4 Å². The highest BCUT2D eigenvalue weighted by atomic mass is 16.5. The summed E-state index contributed by atoms with van der Waals surface area (Å²) >= 11 is 0. The van der Waals surface area contributed by atoms with Crippen LogP contribution >= 0.6 is 0 Å². The lowest BCUT2D eigenvalue weighted by Gasteiger charge is -2.28. The van der Waals surface area contributed by atoms with Crippen molar-refractivity contribution in [2.24, 2.45) is 0 Å². The van der Waals surface area contributed by atoms with Crippen molar-refractivity contribution in [1.29, 1.82) is 0 Å². The molecule has 6 nitrogen and oxygen atoms in total. The van der Waals surface area contributed by atoms with Gasteiger partial charge in [0.15, 0.2) is 0 Å². The average Bonchev–Trinajstić information content (AvgIpc) is 2.80. The summed E-state index contributed by atoms with van der Waals surface area (Å²) in [6.07, 6.45) is 5.51.